The van der Waals surface area contributed by atoms with Gasteiger partial charge >= 0.3 is 5.97 Å². The van der Waals surface area contributed by atoms with E-state index in [0.29, 0.717) is 21.3 Å². The van der Waals surface area contributed by atoms with Crippen LogP contribution in [0.4, 0.5) is 5.69 Å². The van der Waals surface area contributed by atoms with Gasteiger partial charge in [-0.25, -0.2) is 4.79 Å². The van der Waals surface area contributed by atoms with E-state index in [4.69, 9.17) is 16.2 Å². The van der Waals surface area contributed by atoms with Crippen LogP contribution in [-0.2, 0) is 9.53 Å². The average molecular weight is 287 g/mol. The standard InChI is InChI=1S/C10H11BrN2O3/c1-5-7(2-6(11)3-8(5)12)10(15)16-4-9(13)14/h2-3H,4,12H2,1H3,(H2,13,14). The lowest BCUT2D eigenvalue weighted by Gasteiger charge is -2.08. The highest BCUT2D eigenvalue weighted by molar-refractivity contribution is 9.10. The fourth-order valence-electron chi connectivity index (χ4n) is 1.13. The Balaban J connectivity index is 2.95. The highest BCUT2D eigenvalue weighted by atomic mass is 79.9. The van der Waals surface area contributed by atoms with Crippen molar-refractivity contribution in [2.45, 2.75) is 6.92 Å². The molecule has 0 aliphatic carbocycles. The van der Waals surface area contributed by atoms with Crippen molar-refractivity contribution in [3.8, 4) is 0 Å². The number of esters is 1. The van der Waals surface area contributed by atoms with E-state index in [2.05, 4.69) is 15.9 Å². The second-order valence-electron chi connectivity index (χ2n) is 3.21. The summed E-state index contributed by atoms with van der Waals surface area (Å²) in [6, 6.07) is 3.26. The summed E-state index contributed by atoms with van der Waals surface area (Å²) in [5.74, 6) is -1.32. The number of ether oxygens (including phenoxy) is 1. The highest BCUT2D eigenvalue weighted by Gasteiger charge is 2.14. The van der Waals surface area contributed by atoms with Crippen molar-refractivity contribution in [1.29, 1.82) is 0 Å². The van der Waals surface area contributed by atoms with Crippen LogP contribution in [0.2, 0.25) is 0 Å². The Labute approximate surface area is 101 Å². The molecule has 1 aromatic carbocycles. The van der Waals surface area contributed by atoms with Crippen LogP contribution in [0.15, 0.2) is 16.6 Å². The molecule has 0 fully saturated rings. The van der Waals surface area contributed by atoms with Crippen molar-refractivity contribution < 1.29 is 14.3 Å². The van der Waals surface area contributed by atoms with Crippen LogP contribution < -0.4 is 11.5 Å². The molecule has 86 valence electrons. The number of hydrogen-bond acceptors (Lipinski definition) is 4. The van der Waals surface area contributed by atoms with Crippen LogP contribution >= 0.6 is 15.9 Å². The number of benzene rings is 1. The number of anilines is 1. The van der Waals surface area contributed by atoms with Gasteiger partial charge in [0.1, 0.15) is 0 Å². The maximum atomic E-state index is 11.6. The van der Waals surface area contributed by atoms with Gasteiger partial charge in [-0.2, -0.15) is 0 Å². The van der Waals surface area contributed by atoms with E-state index in [1.165, 1.54) is 0 Å². The largest absolute Gasteiger partial charge is 0.452 e. The molecule has 1 amide bonds. The normalized spacial score (nSPS) is 9.88. The van der Waals surface area contributed by atoms with Crippen molar-refractivity contribution in [2.24, 2.45) is 5.73 Å². The van der Waals surface area contributed by atoms with Gasteiger partial charge in [-0.15, -0.1) is 0 Å². The Morgan fingerprint density at radius 3 is 2.62 bits per heavy atom. The second-order valence-corrected chi connectivity index (χ2v) is 4.13. The van der Waals surface area contributed by atoms with E-state index in [0.717, 1.165) is 0 Å². The first-order valence-corrected chi connectivity index (χ1v) is 5.22. The van der Waals surface area contributed by atoms with Crippen molar-refractivity contribution in [1.82, 2.24) is 0 Å². The topological polar surface area (TPSA) is 95.4 Å². The quantitative estimate of drug-likeness (QED) is 0.640. The first-order chi connectivity index (χ1) is 7.41. The van der Waals surface area contributed by atoms with Crippen LogP contribution in [0.3, 0.4) is 0 Å². The summed E-state index contributed by atoms with van der Waals surface area (Å²) in [4.78, 5) is 22.0. The third-order valence-electron chi connectivity index (χ3n) is 1.98. The van der Waals surface area contributed by atoms with Gasteiger partial charge in [0.25, 0.3) is 5.91 Å². The summed E-state index contributed by atoms with van der Waals surface area (Å²) in [7, 11) is 0. The van der Waals surface area contributed by atoms with E-state index in [9.17, 15) is 9.59 Å². The summed E-state index contributed by atoms with van der Waals surface area (Å²) >= 11 is 3.22. The zero-order chi connectivity index (χ0) is 12.3. The van der Waals surface area contributed by atoms with Gasteiger partial charge in [0.15, 0.2) is 6.61 Å². The number of nitrogen functional groups attached to an aromatic ring is 1. The number of primary amides is 1. The van der Waals surface area contributed by atoms with Crippen molar-refractivity contribution in [2.75, 3.05) is 12.3 Å². The van der Waals surface area contributed by atoms with Crippen LogP contribution in [0.1, 0.15) is 15.9 Å². The van der Waals surface area contributed by atoms with Gasteiger partial charge in [0.05, 0.1) is 5.56 Å². The molecule has 0 unspecified atom stereocenters. The molecule has 0 atom stereocenters. The molecule has 1 aromatic rings. The molecule has 0 heterocycles. The number of hydrogen-bond donors (Lipinski definition) is 2. The van der Waals surface area contributed by atoms with Gasteiger partial charge in [0, 0.05) is 10.2 Å². The predicted octanol–water partition coefficient (Wildman–Crippen LogP) is 0.982. The van der Waals surface area contributed by atoms with Crippen molar-refractivity contribution >= 4 is 33.5 Å². The van der Waals surface area contributed by atoms with E-state index in [1.54, 1.807) is 19.1 Å². The lowest BCUT2D eigenvalue weighted by molar-refractivity contribution is -0.121. The third kappa shape index (κ3) is 2.96. The average Bonchev–Trinajstić information content (AvgIpc) is 2.19. The molecular weight excluding hydrogens is 276 g/mol. The molecule has 0 saturated heterocycles. The van der Waals surface area contributed by atoms with Gasteiger partial charge in [-0.1, -0.05) is 15.9 Å². The molecular formula is C10H11BrN2O3. The van der Waals surface area contributed by atoms with E-state index in [-0.39, 0.29) is 0 Å². The minimum Gasteiger partial charge on any atom is -0.452 e. The number of carbonyl (C=O) groups is 2. The zero-order valence-corrected chi connectivity index (χ0v) is 10.2. The molecule has 0 aliphatic heterocycles. The maximum Gasteiger partial charge on any atom is 0.339 e. The second kappa shape index (κ2) is 4.98. The summed E-state index contributed by atoms with van der Waals surface area (Å²) in [5, 5.41) is 0. The van der Waals surface area contributed by atoms with Gasteiger partial charge in [0.2, 0.25) is 0 Å². The molecule has 4 N–H and O–H groups in total. The number of amides is 1. The molecule has 0 bridgehead atoms. The SMILES string of the molecule is Cc1c(N)cc(Br)cc1C(=O)OCC(N)=O. The summed E-state index contributed by atoms with van der Waals surface area (Å²) in [6.45, 7) is 1.26. The molecule has 16 heavy (non-hydrogen) atoms. The van der Waals surface area contributed by atoms with Crippen LogP contribution in [0.5, 0.6) is 0 Å². The number of carbonyl (C=O) groups excluding carboxylic acids is 2. The van der Waals surface area contributed by atoms with Gasteiger partial charge < -0.3 is 16.2 Å². The van der Waals surface area contributed by atoms with E-state index in [1.807, 2.05) is 0 Å². The molecule has 0 radical (unpaired) electrons. The molecule has 0 saturated carbocycles. The number of halogens is 1. The van der Waals surface area contributed by atoms with Crippen molar-refractivity contribution in [3.05, 3.63) is 27.7 Å². The Bertz CT molecular complexity index is 446. The fraction of sp³-hybridized carbons (Fsp3) is 0.200. The minimum absolute atomic E-state index is 0.313. The summed E-state index contributed by atoms with van der Waals surface area (Å²) in [6.07, 6.45) is 0. The first kappa shape index (κ1) is 12.5. The zero-order valence-electron chi connectivity index (χ0n) is 8.62. The highest BCUT2D eigenvalue weighted by Crippen LogP contribution is 2.23. The van der Waals surface area contributed by atoms with Crippen LogP contribution in [0, 0.1) is 6.92 Å². The molecule has 0 aromatic heterocycles. The molecule has 1 rings (SSSR count). The Morgan fingerprint density at radius 1 is 1.44 bits per heavy atom. The Kier molecular flexibility index (Phi) is 3.89. The smallest absolute Gasteiger partial charge is 0.339 e. The van der Waals surface area contributed by atoms with E-state index >= 15 is 0 Å². The van der Waals surface area contributed by atoms with E-state index < -0.39 is 18.5 Å². The third-order valence-corrected chi connectivity index (χ3v) is 2.44. The number of rotatable bonds is 3. The lowest BCUT2D eigenvalue weighted by atomic mass is 10.1. The fourth-order valence-corrected chi connectivity index (χ4v) is 1.60. The van der Waals surface area contributed by atoms with Gasteiger partial charge in [-0.3, -0.25) is 4.79 Å². The monoisotopic (exact) mass is 286 g/mol. The predicted molar refractivity (Wildman–Crippen MR) is 62.8 cm³/mol. The minimum atomic E-state index is -0.700. The van der Waals surface area contributed by atoms with Crippen LogP contribution in [-0.4, -0.2) is 18.5 Å². The van der Waals surface area contributed by atoms with Crippen molar-refractivity contribution in [3.63, 3.8) is 0 Å². The lowest BCUT2D eigenvalue weighted by Crippen LogP contribution is -2.21. The summed E-state index contributed by atoms with van der Waals surface area (Å²) < 4.78 is 5.36. The van der Waals surface area contributed by atoms with Gasteiger partial charge in [-0.05, 0) is 24.6 Å². The Hall–Kier alpha value is -1.56. The molecule has 5 nitrogen and oxygen atoms in total. The molecule has 6 heteroatoms. The molecule has 0 spiro atoms. The number of nitrogens with two attached hydrogens (primary N) is 2. The van der Waals surface area contributed by atoms with Crippen LogP contribution in [0.25, 0.3) is 0 Å². The summed E-state index contributed by atoms with van der Waals surface area (Å²) in [5.41, 5.74) is 11.9. The Morgan fingerprint density at radius 2 is 2.06 bits per heavy atom. The molecule has 0 aliphatic rings. The first-order valence-electron chi connectivity index (χ1n) is 4.43. The maximum absolute atomic E-state index is 11.6.